The summed E-state index contributed by atoms with van der Waals surface area (Å²) in [6.07, 6.45) is 1.72. The summed E-state index contributed by atoms with van der Waals surface area (Å²) < 4.78 is 5.17. The highest BCUT2D eigenvalue weighted by atomic mass is 16.5. The molecule has 4 heteroatoms. The quantitative estimate of drug-likeness (QED) is 0.773. The second kappa shape index (κ2) is 3.31. The van der Waals surface area contributed by atoms with E-state index >= 15 is 0 Å². The van der Waals surface area contributed by atoms with Gasteiger partial charge in [-0.1, -0.05) is 25.9 Å². The molecule has 0 radical (unpaired) electrons. The van der Waals surface area contributed by atoms with Gasteiger partial charge in [0.2, 0.25) is 0 Å². The number of fused-ring (bicyclic) bond motifs is 1. The maximum absolute atomic E-state index is 5.58. The lowest BCUT2D eigenvalue weighted by atomic mass is 9.90. The maximum atomic E-state index is 5.58. The number of nitrogens with zero attached hydrogens (tertiary/aromatic N) is 2. The molecule has 0 fully saturated rings. The molecule has 0 saturated carbocycles. The molecule has 0 aliphatic heterocycles. The summed E-state index contributed by atoms with van der Waals surface area (Å²) in [4.78, 5) is 4.18. The van der Waals surface area contributed by atoms with Crippen molar-refractivity contribution in [2.24, 2.45) is 5.73 Å². The van der Waals surface area contributed by atoms with Crippen molar-refractivity contribution in [3.05, 3.63) is 23.5 Å². The van der Waals surface area contributed by atoms with Crippen LogP contribution in [0.2, 0.25) is 0 Å². The third kappa shape index (κ3) is 1.72. The molecule has 0 spiro atoms. The van der Waals surface area contributed by atoms with Crippen molar-refractivity contribution in [3.63, 3.8) is 0 Å². The van der Waals surface area contributed by atoms with Crippen LogP contribution in [0.25, 0.3) is 11.1 Å². The Morgan fingerprint density at radius 3 is 2.73 bits per heavy atom. The van der Waals surface area contributed by atoms with Crippen molar-refractivity contribution < 1.29 is 4.52 Å². The minimum absolute atomic E-state index is 0.0415. The van der Waals surface area contributed by atoms with E-state index in [1.165, 1.54) is 0 Å². The lowest BCUT2D eigenvalue weighted by Gasteiger charge is -2.14. The molecule has 2 heterocycles. The van der Waals surface area contributed by atoms with Crippen LogP contribution < -0.4 is 5.73 Å². The second-order valence-corrected chi connectivity index (χ2v) is 4.68. The first-order chi connectivity index (χ1) is 7.02. The van der Waals surface area contributed by atoms with E-state index in [1.807, 2.05) is 6.07 Å². The molecule has 0 bridgehead atoms. The largest absolute Gasteiger partial charge is 0.336 e. The minimum atomic E-state index is -0.0415. The average molecular weight is 205 g/mol. The van der Waals surface area contributed by atoms with Crippen LogP contribution in [-0.2, 0) is 12.0 Å². The predicted molar refractivity (Wildman–Crippen MR) is 58.4 cm³/mol. The molecule has 80 valence electrons. The van der Waals surface area contributed by atoms with Gasteiger partial charge in [-0.15, -0.1) is 0 Å². The van der Waals surface area contributed by atoms with E-state index in [9.17, 15) is 0 Å². The Morgan fingerprint density at radius 2 is 2.13 bits per heavy atom. The van der Waals surface area contributed by atoms with Gasteiger partial charge in [-0.05, 0) is 11.6 Å². The number of hydrogen-bond acceptors (Lipinski definition) is 4. The fraction of sp³-hybridized carbons (Fsp3) is 0.455. The van der Waals surface area contributed by atoms with Crippen LogP contribution in [0.4, 0.5) is 0 Å². The first kappa shape index (κ1) is 10.1. The molecule has 0 aliphatic carbocycles. The van der Waals surface area contributed by atoms with Crippen LogP contribution in [-0.4, -0.2) is 10.1 Å². The average Bonchev–Trinajstić information content (AvgIpc) is 2.59. The van der Waals surface area contributed by atoms with Gasteiger partial charge < -0.3 is 10.3 Å². The van der Waals surface area contributed by atoms with E-state index < -0.39 is 0 Å². The summed E-state index contributed by atoms with van der Waals surface area (Å²) in [5.41, 5.74) is 8.04. The Kier molecular flexibility index (Phi) is 2.23. The lowest BCUT2D eigenvalue weighted by molar-refractivity contribution is 0.414. The zero-order chi connectivity index (χ0) is 11.1. The smallest absolute Gasteiger partial charge is 0.257 e. The Hall–Kier alpha value is -1.42. The number of rotatable bonds is 1. The van der Waals surface area contributed by atoms with Gasteiger partial charge in [0.1, 0.15) is 0 Å². The number of aromatic nitrogens is 2. The third-order valence-corrected chi connectivity index (χ3v) is 2.33. The van der Waals surface area contributed by atoms with Gasteiger partial charge in [0.25, 0.3) is 5.71 Å². The van der Waals surface area contributed by atoms with E-state index in [0.29, 0.717) is 12.3 Å². The Bertz CT molecular complexity index is 482. The molecule has 0 amide bonds. The first-order valence-corrected chi connectivity index (χ1v) is 4.97. The summed E-state index contributed by atoms with van der Waals surface area (Å²) in [7, 11) is 0. The zero-order valence-corrected chi connectivity index (χ0v) is 9.24. The maximum Gasteiger partial charge on any atom is 0.257 e. The SMILES string of the molecule is CC(C)(C)c1noc2ncc(CN)cc12. The van der Waals surface area contributed by atoms with Crippen LogP contribution in [0, 0.1) is 0 Å². The fourth-order valence-corrected chi connectivity index (χ4v) is 1.53. The highest BCUT2D eigenvalue weighted by molar-refractivity contribution is 5.77. The van der Waals surface area contributed by atoms with Crippen LogP contribution in [0.1, 0.15) is 32.0 Å². The molecule has 0 aliphatic rings. The lowest BCUT2D eigenvalue weighted by Crippen LogP contribution is -2.12. The number of pyridine rings is 1. The van der Waals surface area contributed by atoms with Gasteiger partial charge in [-0.3, -0.25) is 0 Å². The van der Waals surface area contributed by atoms with E-state index in [-0.39, 0.29) is 5.41 Å². The van der Waals surface area contributed by atoms with E-state index in [4.69, 9.17) is 10.3 Å². The van der Waals surface area contributed by atoms with Crippen molar-refractivity contribution in [2.75, 3.05) is 0 Å². The molecule has 0 unspecified atom stereocenters. The van der Waals surface area contributed by atoms with E-state index in [2.05, 4.69) is 30.9 Å². The molecule has 15 heavy (non-hydrogen) atoms. The van der Waals surface area contributed by atoms with Gasteiger partial charge in [0.05, 0.1) is 11.1 Å². The minimum Gasteiger partial charge on any atom is -0.336 e. The highest BCUT2D eigenvalue weighted by Gasteiger charge is 2.22. The Morgan fingerprint density at radius 1 is 1.40 bits per heavy atom. The van der Waals surface area contributed by atoms with Crippen LogP contribution >= 0.6 is 0 Å². The summed E-state index contributed by atoms with van der Waals surface area (Å²) in [5.74, 6) is 0. The van der Waals surface area contributed by atoms with E-state index in [0.717, 1.165) is 16.6 Å². The molecule has 0 atom stereocenters. The van der Waals surface area contributed by atoms with Gasteiger partial charge in [-0.25, -0.2) is 4.98 Å². The molecule has 2 N–H and O–H groups in total. The molecular weight excluding hydrogens is 190 g/mol. The second-order valence-electron chi connectivity index (χ2n) is 4.68. The van der Waals surface area contributed by atoms with Gasteiger partial charge in [0, 0.05) is 18.2 Å². The van der Waals surface area contributed by atoms with Gasteiger partial charge in [-0.2, -0.15) is 0 Å². The van der Waals surface area contributed by atoms with Crippen molar-refractivity contribution in [2.45, 2.75) is 32.7 Å². The van der Waals surface area contributed by atoms with Crippen LogP contribution in [0.15, 0.2) is 16.8 Å². The van der Waals surface area contributed by atoms with Crippen LogP contribution in [0.3, 0.4) is 0 Å². The normalized spacial score (nSPS) is 12.3. The number of hydrogen-bond donors (Lipinski definition) is 1. The summed E-state index contributed by atoms with van der Waals surface area (Å²) >= 11 is 0. The fourth-order valence-electron chi connectivity index (χ4n) is 1.53. The van der Waals surface area contributed by atoms with E-state index in [1.54, 1.807) is 6.20 Å². The van der Waals surface area contributed by atoms with Gasteiger partial charge in [0.15, 0.2) is 0 Å². The Labute approximate surface area is 88.5 Å². The third-order valence-electron chi connectivity index (χ3n) is 2.33. The molecule has 0 saturated heterocycles. The summed E-state index contributed by atoms with van der Waals surface area (Å²) in [6, 6.07) is 2.00. The van der Waals surface area contributed by atoms with Crippen molar-refractivity contribution in [1.29, 1.82) is 0 Å². The molecule has 0 aromatic carbocycles. The van der Waals surface area contributed by atoms with Crippen molar-refractivity contribution in [3.8, 4) is 0 Å². The summed E-state index contributed by atoms with van der Waals surface area (Å²) in [6.45, 7) is 6.77. The molecule has 4 nitrogen and oxygen atoms in total. The standard InChI is InChI=1S/C11H15N3O/c1-11(2,3)9-8-4-7(5-12)6-13-10(8)15-14-9/h4,6H,5,12H2,1-3H3. The molecular formula is C11H15N3O. The molecule has 2 rings (SSSR count). The van der Waals surface area contributed by atoms with Crippen LogP contribution in [0.5, 0.6) is 0 Å². The van der Waals surface area contributed by atoms with Crippen molar-refractivity contribution in [1.82, 2.24) is 10.1 Å². The monoisotopic (exact) mass is 205 g/mol. The highest BCUT2D eigenvalue weighted by Crippen LogP contribution is 2.28. The zero-order valence-electron chi connectivity index (χ0n) is 9.24. The first-order valence-electron chi connectivity index (χ1n) is 4.97. The topological polar surface area (TPSA) is 64.9 Å². The number of nitrogens with two attached hydrogens (primary N) is 1. The Balaban J connectivity index is 2.67. The summed E-state index contributed by atoms with van der Waals surface area (Å²) in [5, 5.41) is 5.03. The predicted octanol–water partition coefficient (Wildman–Crippen LogP) is 1.98. The molecule has 2 aromatic heterocycles. The van der Waals surface area contributed by atoms with Crippen molar-refractivity contribution >= 4 is 11.1 Å². The van der Waals surface area contributed by atoms with Gasteiger partial charge >= 0.3 is 0 Å². The molecule has 2 aromatic rings.